The second-order valence-electron chi connectivity index (χ2n) is 6.24. The highest BCUT2D eigenvalue weighted by molar-refractivity contribution is 7.89. The van der Waals surface area contributed by atoms with Crippen LogP contribution in [0.2, 0.25) is 0 Å². The van der Waals surface area contributed by atoms with Gasteiger partial charge in [-0.2, -0.15) is 0 Å². The van der Waals surface area contributed by atoms with Gasteiger partial charge in [0.15, 0.2) is 5.78 Å². The van der Waals surface area contributed by atoms with E-state index >= 15 is 0 Å². The molecule has 0 aromatic heterocycles. The lowest BCUT2D eigenvalue weighted by Crippen LogP contribution is -2.33. The van der Waals surface area contributed by atoms with Crippen molar-refractivity contribution < 1.29 is 18.0 Å². The van der Waals surface area contributed by atoms with Crippen LogP contribution in [0.4, 0.5) is 0 Å². The Morgan fingerprint density at radius 2 is 1.11 bits per heavy atom. The van der Waals surface area contributed by atoms with Gasteiger partial charge in [-0.15, -0.1) is 0 Å². The first-order chi connectivity index (χ1) is 13.5. The van der Waals surface area contributed by atoms with Gasteiger partial charge in [-0.1, -0.05) is 72.8 Å². The molecule has 0 radical (unpaired) electrons. The SMILES string of the molecule is O=C1C(NS(=O)(=O)c2ccccc2)=C(c2ccccc2)C(=O)c2ccccc21. The Kier molecular flexibility index (Phi) is 4.41. The third-order valence-electron chi connectivity index (χ3n) is 4.47. The van der Waals surface area contributed by atoms with Crippen LogP contribution in [0.25, 0.3) is 5.57 Å². The summed E-state index contributed by atoms with van der Waals surface area (Å²) in [5.74, 6) is -0.930. The normalized spacial score (nSPS) is 14.0. The number of allylic oxidation sites excluding steroid dienone is 2. The van der Waals surface area contributed by atoms with E-state index in [1.807, 2.05) is 0 Å². The second kappa shape index (κ2) is 6.90. The number of benzene rings is 3. The molecule has 0 heterocycles. The third kappa shape index (κ3) is 3.04. The zero-order valence-electron chi connectivity index (χ0n) is 14.6. The monoisotopic (exact) mass is 389 g/mol. The minimum absolute atomic E-state index is 0.00835. The Bertz CT molecular complexity index is 1210. The van der Waals surface area contributed by atoms with Crippen molar-refractivity contribution in [1.82, 2.24) is 4.72 Å². The maximum atomic E-state index is 13.2. The zero-order chi connectivity index (χ0) is 19.7. The van der Waals surface area contributed by atoms with Gasteiger partial charge in [0.25, 0.3) is 10.0 Å². The van der Waals surface area contributed by atoms with Crippen LogP contribution in [-0.2, 0) is 10.0 Å². The van der Waals surface area contributed by atoms with E-state index in [4.69, 9.17) is 0 Å². The lowest BCUT2D eigenvalue weighted by Gasteiger charge is -2.22. The Labute approximate surface area is 162 Å². The quantitative estimate of drug-likeness (QED) is 0.741. The standard InChI is InChI=1S/C22H15NO4S/c24-21-17-13-7-8-14-18(17)22(25)20(19(21)15-9-3-1-4-10-15)23-28(26,27)16-11-5-2-6-12-16/h1-14,23H. The largest absolute Gasteiger partial charge is 0.288 e. The average Bonchev–Trinajstić information content (AvgIpc) is 2.73. The van der Waals surface area contributed by atoms with E-state index in [0.717, 1.165) is 0 Å². The van der Waals surface area contributed by atoms with Crippen molar-refractivity contribution in [3.63, 3.8) is 0 Å². The minimum atomic E-state index is -4.04. The Morgan fingerprint density at radius 3 is 1.71 bits per heavy atom. The number of rotatable bonds is 4. The number of carbonyl (C=O) groups excluding carboxylic acids is 2. The van der Waals surface area contributed by atoms with Gasteiger partial charge in [0, 0.05) is 11.1 Å². The Hall–Kier alpha value is -3.51. The van der Waals surface area contributed by atoms with Crippen molar-refractivity contribution in [2.75, 3.05) is 0 Å². The molecule has 6 heteroatoms. The highest BCUT2D eigenvalue weighted by Gasteiger charge is 2.35. The van der Waals surface area contributed by atoms with E-state index < -0.39 is 21.6 Å². The molecule has 1 aliphatic rings. The maximum absolute atomic E-state index is 13.2. The number of nitrogens with one attached hydrogen (secondary N) is 1. The topological polar surface area (TPSA) is 80.3 Å². The molecule has 3 aromatic carbocycles. The van der Waals surface area contributed by atoms with Crippen molar-refractivity contribution in [1.29, 1.82) is 0 Å². The van der Waals surface area contributed by atoms with Crippen molar-refractivity contribution in [2.45, 2.75) is 4.90 Å². The van der Waals surface area contributed by atoms with Crippen LogP contribution in [0.1, 0.15) is 26.3 Å². The van der Waals surface area contributed by atoms with Gasteiger partial charge >= 0.3 is 0 Å². The van der Waals surface area contributed by atoms with Crippen LogP contribution in [0.5, 0.6) is 0 Å². The molecule has 1 N–H and O–H groups in total. The summed E-state index contributed by atoms with van der Waals surface area (Å²) in [7, 11) is -4.04. The molecule has 0 atom stereocenters. The predicted molar refractivity (Wildman–Crippen MR) is 105 cm³/mol. The average molecular weight is 389 g/mol. The fraction of sp³-hybridized carbons (Fsp3) is 0. The molecule has 3 aromatic rings. The summed E-state index contributed by atoms with van der Waals surface area (Å²) in [6.45, 7) is 0. The van der Waals surface area contributed by atoms with Gasteiger partial charge in [-0.3, -0.25) is 14.3 Å². The second-order valence-corrected chi connectivity index (χ2v) is 7.92. The Balaban J connectivity index is 1.92. The molecule has 0 amide bonds. The van der Waals surface area contributed by atoms with E-state index in [1.165, 1.54) is 18.2 Å². The molecule has 138 valence electrons. The smallest absolute Gasteiger partial charge is 0.262 e. The van der Waals surface area contributed by atoms with E-state index in [0.29, 0.717) is 5.56 Å². The molecular weight excluding hydrogens is 374 g/mol. The number of hydrogen-bond acceptors (Lipinski definition) is 4. The van der Waals surface area contributed by atoms with Gasteiger partial charge in [0.05, 0.1) is 10.5 Å². The van der Waals surface area contributed by atoms with Gasteiger partial charge in [0.2, 0.25) is 5.78 Å². The number of carbonyl (C=O) groups is 2. The number of hydrogen-bond donors (Lipinski definition) is 1. The van der Waals surface area contributed by atoms with Crippen LogP contribution >= 0.6 is 0 Å². The first kappa shape index (κ1) is 17.9. The fourth-order valence-corrected chi connectivity index (χ4v) is 4.24. The summed E-state index contributed by atoms with van der Waals surface area (Å²) in [5, 5.41) is 0. The Morgan fingerprint density at radius 1 is 0.607 bits per heavy atom. The van der Waals surface area contributed by atoms with E-state index in [9.17, 15) is 18.0 Å². The molecular formula is C22H15NO4S. The van der Waals surface area contributed by atoms with Crippen LogP contribution < -0.4 is 4.72 Å². The summed E-state index contributed by atoms with van der Waals surface area (Å²) < 4.78 is 28.0. The molecule has 0 spiro atoms. The molecule has 0 bridgehead atoms. The first-order valence-corrected chi connectivity index (χ1v) is 10.0. The van der Waals surface area contributed by atoms with Gasteiger partial charge < -0.3 is 0 Å². The van der Waals surface area contributed by atoms with Crippen molar-refractivity contribution in [3.05, 3.63) is 107 Å². The number of fused-ring (bicyclic) bond motifs is 1. The summed E-state index contributed by atoms with van der Waals surface area (Å²) in [5.41, 5.74) is 0.718. The summed E-state index contributed by atoms with van der Waals surface area (Å²) in [6.07, 6.45) is 0. The number of sulfonamides is 1. The lowest BCUT2D eigenvalue weighted by atomic mass is 9.84. The van der Waals surface area contributed by atoms with Crippen molar-refractivity contribution in [2.24, 2.45) is 0 Å². The molecule has 0 saturated heterocycles. The predicted octanol–water partition coefficient (Wildman–Crippen LogP) is 3.46. The zero-order valence-corrected chi connectivity index (χ0v) is 15.4. The molecule has 5 nitrogen and oxygen atoms in total. The van der Waals surface area contributed by atoms with Crippen LogP contribution in [0.3, 0.4) is 0 Å². The summed E-state index contributed by atoms with van der Waals surface area (Å²) >= 11 is 0. The lowest BCUT2D eigenvalue weighted by molar-refractivity contribution is 0.0988. The number of Topliss-reactive ketones (excluding diaryl/α,β-unsaturated/α-hetero) is 2. The number of ketones is 2. The van der Waals surface area contributed by atoms with Crippen LogP contribution in [-0.4, -0.2) is 20.0 Å². The molecule has 4 rings (SSSR count). The van der Waals surface area contributed by atoms with Crippen molar-refractivity contribution >= 4 is 27.2 Å². The minimum Gasteiger partial charge on any atom is -0.288 e. The first-order valence-electron chi connectivity index (χ1n) is 8.55. The summed E-state index contributed by atoms with van der Waals surface area (Å²) in [6, 6.07) is 22.7. The molecule has 1 aliphatic carbocycles. The maximum Gasteiger partial charge on any atom is 0.262 e. The molecule has 0 saturated carbocycles. The van der Waals surface area contributed by atoms with Gasteiger partial charge in [0.1, 0.15) is 5.70 Å². The molecule has 0 aliphatic heterocycles. The summed E-state index contributed by atoms with van der Waals surface area (Å²) in [4.78, 5) is 26.3. The van der Waals surface area contributed by atoms with Crippen LogP contribution in [0.15, 0.2) is 95.5 Å². The van der Waals surface area contributed by atoms with Gasteiger partial charge in [-0.05, 0) is 17.7 Å². The molecule has 0 fully saturated rings. The highest BCUT2D eigenvalue weighted by Crippen LogP contribution is 2.32. The van der Waals surface area contributed by atoms with Gasteiger partial charge in [-0.25, -0.2) is 8.42 Å². The fourth-order valence-electron chi connectivity index (χ4n) is 3.15. The highest BCUT2D eigenvalue weighted by atomic mass is 32.2. The van der Waals surface area contributed by atoms with E-state index in [1.54, 1.807) is 66.7 Å². The molecule has 0 unspecified atom stereocenters. The van der Waals surface area contributed by atoms with E-state index in [2.05, 4.69) is 4.72 Å². The van der Waals surface area contributed by atoms with E-state index in [-0.39, 0.29) is 27.3 Å². The van der Waals surface area contributed by atoms with Crippen LogP contribution in [0, 0.1) is 0 Å². The third-order valence-corrected chi connectivity index (χ3v) is 5.84. The van der Waals surface area contributed by atoms with Crippen molar-refractivity contribution in [3.8, 4) is 0 Å². The molecule has 28 heavy (non-hydrogen) atoms.